The van der Waals surface area contributed by atoms with E-state index in [1.807, 2.05) is 6.08 Å². The van der Waals surface area contributed by atoms with Gasteiger partial charge in [0.2, 0.25) is 0 Å². The molecule has 3 fully saturated rings. The molecule has 0 saturated heterocycles. The Bertz CT molecular complexity index is 691. The van der Waals surface area contributed by atoms with Gasteiger partial charge in [-0.05, 0) is 75.2 Å². The fourth-order valence-electron chi connectivity index (χ4n) is 6.94. The van der Waals surface area contributed by atoms with E-state index in [9.17, 15) is 4.79 Å². The maximum atomic E-state index is 11.1. The van der Waals surface area contributed by atoms with E-state index in [1.54, 1.807) is 5.57 Å². The summed E-state index contributed by atoms with van der Waals surface area (Å²) in [6, 6.07) is 0. The Balaban J connectivity index is 1.68. The van der Waals surface area contributed by atoms with Crippen molar-refractivity contribution >= 4 is 6.29 Å². The Labute approximate surface area is 152 Å². The molecule has 4 aliphatic rings. The van der Waals surface area contributed by atoms with Gasteiger partial charge in [-0.1, -0.05) is 47.6 Å². The number of aldehydes is 1. The second kappa shape index (κ2) is 6.27. The molecule has 25 heavy (non-hydrogen) atoms. The van der Waals surface area contributed by atoms with Crippen LogP contribution in [0.2, 0.25) is 0 Å². The molecule has 1 nitrogen and oxygen atoms in total. The second-order valence-electron chi connectivity index (χ2n) is 8.55. The maximum Gasteiger partial charge on any atom is 0.142 e. The Morgan fingerprint density at radius 2 is 2.16 bits per heavy atom. The lowest BCUT2D eigenvalue weighted by Gasteiger charge is -2.58. The van der Waals surface area contributed by atoms with Crippen LogP contribution < -0.4 is 0 Å². The van der Waals surface area contributed by atoms with Crippen LogP contribution in [0.25, 0.3) is 0 Å². The number of hydrogen-bond donors (Lipinski definition) is 0. The van der Waals surface area contributed by atoms with Crippen molar-refractivity contribution in [3.63, 3.8) is 0 Å². The van der Waals surface area contributed by atoms with Gasteiger partial charge in [0.15, 0.2) is 0 Å². The predicted octanol–water partition coefficient (Wildman–Crippen LogP) is 5.82. The summed E-state index contributed by atoms with van der Waals surface area (Å²) >= 11 is 0. The first kappa shape index (κ1) is 16.8. The summed E-state index contributed by atoms with van der Waals surface area (Å²) in [6.45, 7) is 10.6. The average Bonchev–Trinajstić information content (AvgIpc) is 2.87. The lowest BCUT2D eigenvalue weighted by molar-refractivity contribution is -0.104. The van der Waals surface area contributed by atoms with Crippen LogP contribution in [0.15, 0.2) is 60.3 Å². The van der Waals surface area contributed by atoms with Crippen LogP contribution >= 0.6 is 0 Å². The summed E-state index contributed by atoms with van der Waals surface area (Å²) in [7, 11) is 0. The van der Waals surface area contributed by atoms with Gasteiger partial charge in [-0.3, -0.25) is 4.79 Å². The van der Waals surface area contributed by atoms with Gasteiger partial charge in [0, 0.05) is 11.3 Å². The topological polar surface area (TPSA) is 17.1 Å². The fourth-order valence-corrected chi connectivity index (χ4v) is 6.94. The van der Waals surface area contributed by atoms with Gasteiger partial charge in [-0.25, -0.2) is 0 Å². The highest BCUT2D eigenvalue weighted by Gasteiger charge is 2.62. The molecule has 1 heteroatoms. The zero-order chi connectivity index (χ0) is 17.6. The van der Waals surface area contributed by atoms with Crippen LogP contribution in [0.4, 0.5) is 0 Å². The highest BCUT2D eigenvalue weighted by Crippen LogP contribution is 2.70. The molecular weight excluding hydrogens is 304 g/mol. The molecule has 132 valence electrons. The summed E-state index contributed by atoms with van der Waals surface area (Å²) in [5.74, 6) is 3.24. The van der Waals surface area contributed by atoms with Crippen molar-refractivity contribution in [2.24, 2.45) is 35.0 Å². The standard InChI is InChI=1S/C24H30O/c1-4-6-18-15-24-14-16(3)23-19(7-5-2)17(12-13-25)8-9-20(23)22(24)11-10-21(18)24/h4-5,7,12-13,15,19-23H,1,3,6,8-11,14H2,2H3/b7-5-,17-12-. The first-order chi connectivity index (χ1) is 12.2. The van der Waals surface area contributed by atoms with Crippen LogP contribution in [-0.2, 0) is 4.79 Å². The largest absolute Gasteiger partial charge is 0.299 e. The summed E-state index contributed by atoms with van der Waals surface area (Å²) in [5, 5.41) is 0. The molecule has 0 N–H and O–H groups in total. The number of fused-ring (bicyclic) bond motifs is 2. The van der Waals surface area contributed by atoms with Crippen LogP contribution in [0.5, 0.6) is 0 Å². The van der Waals surface area contributed by atoms with Crippen molar-refractivity contribution in [2.45, 2.75) is 45.4 Å². The SMILES string of the molecule is C=CCC1=CC23CC(=C)C4C(/C=C\C)/C(=C\C=O)CCC4C2CCC13. The molecule has 0 aromatic carbocycles. The van der Waals surface area contributed by atoms with Crippen LogP contribution in [0.3, 0.4) is 0 Å². The monoisotopic (exact) mass is 334 g/mol. The fraction of sp³-hybridized carbons (Fsp3) is 0.542. The Morgan fingerprint density at radius 3 is 2.88 bits per heavy atom. The summed E-state index contributed by atoms with van der Waals surface area (Å²) in [6.07, 6.45) is 19.2. The third-order valence-electron chi connectivity index (χ3n) is 7.63. The van der Waals surface area contributed by atoms with E-state index >= 15 is 0 Å². The van der Waals surface area contributed by atoms with Crippen molar-refractivity contribution in [3.8, 4) is 0 Å². The molecule has 6 unspecified atom stereocenters. The van der Waals surface area contributed by atoms with E-state index in [0.29, 0.717) is 17.3 Å². The quantitative estimate of drug-likeness (QED) is 0.360. The average molecular weight is 335 g/mol. The Kier molecular flexibility index (Phi) is 4.22. The Hall–Kier alpha value is -1.63. The summed E-state index contributed by atoms with van der Waals surface area (Å²) < 4.78 is 0. The Morgan fingerprint density at radius 1 is 1.32 bits per heavy atom. The van der Waals surface area contributed by atoms with Gasteiger partial charge < -0.3 is 0 Å². The van der Waals surface area contributed by atoms with Crippen LogP contribution in [-0.4, -0.2) is 6.29 Å². The molecule has 0 aliphatic heterocycles. The smallest absolute Gasteiger partial charge is 0.142 e. The third-order valence-corrected chi connectivity index (χ3v) is 7.63. The van der Waals surface area contributed by atoms with E-state index < -0.39 is 0 Å². The minimum absolute atomic E-state index is 0.384. The molecule has 0 heterocycles. The molecule has 1 spiro atoms. The molecule has 4 aliphatic carbocycles. The van der Waals surface area contributed by atoms with E-state index in [1.165, 1.54) is 30.4 Å². The lowest BCUT2D eigenvalue weighted by Crippen LogP contribution is -2.50. The van der Waals surface area contributed by atoms with E-state index in [-0.39, 0.29) is 0 Å². The molecular formula is C24H30O. The number of rotatable bonds is 4. The molecule has 0 aromatic heterocycles. The van der Waals surface area contributed by atoms with Gasteiger partial charge in [0.05, 0.1) is 0 Å². The molecule has 3 saturated carbocycles. The molecule has 0 aromatic rings. The van der Waals surface area contributed by atoms with Crippen molar-refractivity contribution in [2.75, 3.05) is 0 Å². The first-order valence-electron chi connectivity index (χ1n) is 9.93. The van der Waals surface area contributed by atoms with Crippen molar-refractivity contribution in [3.05, 3.63) is 60.3 Å². The van der Waals surface area contributed by atoms with E-state index in [4.69, 9.17) is 0 Å². The molecule has 4 rings (SSSR count). The molecule has 6 atom stereocenters. The number of hydrogen-bond acceptors (Lipinski definition) is 1. The van der Waals surface area contributed by atoms with E-state index in [2.05, 4.69) is 44.4 Å². The zero-order valence-electron chi connectivity index (χ0n) is 15.4. The van der Waals surface area contributed by atoms with E-state index in [0.717, 1.165) is 43.3 Å². The molecule has 0 bridgehead atoms. The zero-order valence-corrected chi connectivity index (χ0v) is 15.4. The number of carbonyl (C=O) groups is 1. The van der Waals surface area contributed by atoms with Gasteiger partial charge >= 0.3 is 0 Å². The minimum Gasteiger partial charge on any atom is -0.299 e. The minimum atomic E-state index is 0.384. The second-order valence-corrected chi connectivity index (χ2v) is 8.55. The molecule has 0 amide bonds. The van der Waals surface area contributed by atoms with Crippen molar-refractivity contribution in [1.29, 1.82) is 0 Å². The van der Waals surface area contributed by atoms with Gasteiger partial charge in [-0.2, -0.15) is 0 Å². The summed E-state index contributed by atoms with van der Waals surface area (Å²) in [4.78, 5) is 11.1. The van der Waals surface area contributed by atoms with Crippen LogP contribution in [0, 0.1) is 35.0 Å². The highest BCUT2D eigenvalue weighted by atomic mass is 16.1. The summed E-state index contributed by atoms with van der Waals surface area (Å²) in [5.41, 5.74) is 4.79. The first-order valence-corrected chi connectivity index (χ1v) is 9.93. The maximum absolute atomic E-state index is 11.1. The lowest BCUT2D eigenvalue weighted by atomic mass is 9.46. The number of allylic oxidation sites excluding steroid dienone is 8. The highest BCUT2D eigenvalue weighted by molar-refractivity contribution is 5.66. The van der Waals surface area contributed by atoms with Crippen molar-refractivity contribution in [1.82, 2.24) is 0 Å². The number of carbonyl (C=O) groups excluding carboxylic acids is 1. The van der Waals surface area contributed by atoms with Crippen molar-refractivity contribution < 1.29 is 4.79 Å². The van der Waals surface area contributed by atoms with Gasteiger partial charge in [-0.15, -0.1) is 6.58 Å². The molecule has 0 radical (unpaired) electrons. The van der Waals surface area contributed by atoms with Gasteiger partial charge in [0.25, 0.3) is 0 Å². The van der Waals surface area contributed by atoms with Crippen LogP contribution in [0.1, 0.15) is 45.4 Å². The predicted molar refractivity (Wildman–Crippen MR) is 104 cm³/mol. The normalized spacial score (nSPS) is 43.9. The third kappa shape index (κ3) is 2.31. The van der Waals surface area contributed by atoms with Gasteiger partial charge in [0.1, 0.15) is 6.29 Å².